The average Bonchev–Trinajstić information content (AvgIpc) is 2.65. The van der Waals surface area contributed by atoms with Crippen LogP contribution in [0.15, 0.2) is 18.2 Å². The fourth-order valence-electron chi connectivity index (χ4n) is 1.73. The number of nitrogens with zero attached hydrogens (tertiary/aromatic N) is 1. The van der Waals surface area contributed by atoms with Gasteiger partial charge in [0.25, 0.3) is 0 Å². The summed E-state index contributed by atoms with van der Waals surface area (Å²) in [4.78, 5) is 7.97. The molecule has 0 saturated heterocycles. The number of aromatic amines is 1. The monoisotopic (exact) mass is 264 g/mol. The molecule has 98 valence electrons. The van der Waals surface area contributed by atoms with Crippen LogP contribution in [0.1, 0.15) is 53.3 Å². The first-order chi connectivity index (χ1) is 8.65. The van der Waals surface area contributed by atoms with Gasteiger partial charge in [-0.25, -0.2) is 4.98 Å². The Morgan fingerprint density at radius 1 is 1.39 bits per heavy atom. The minimum absolute atomic E-state index is 0.243. The van der Waals surface area contributed by atoms with Gasteiger partial charge in [-0.3, -0.25) is 0 Å². The summed E-state index contributed by atoms with van der Waals surface area (Å²) in [5, 5.41) is 0. The highest BCUT2D eigenvalue weighted by Gasteiger charge is 2.12. The Labute approximate surface area is 115 Å². The second kappa shape index (κ2) is 4.96. The van der Waals surface area contributed by atoms with Crippen LogP contribution in [0.3, 0.4) is 0 Å². The number of imidazole rings is 1. The molecular formula is C15H22N2S. The largest absolute Gasteiger partial charge is 0.341 e. The van der Waals surface area contributed by atoms with Crippen molar-refractivity contribution < 1.29 is 1.37 Å². The highest BCUT2D eigenvalue weighted by molar-refractivity contribution is 7.99. The Balaban J connectivity index is 2.26. The highest BCUT2D eigenvalue weighted by atomic mass is 32.2. The first-order valence-electron chi connectivity index (χ1n) is 6.78. The number of thioether (sulfide) groups is 1. The molecule has 0 fully saturated rings. The summed E-state index contributed by atoms with van der Waals surface area (Å²) in [7, 11) is 0. The third kappa shape index (κ3) is 3.29. The minimum Gasteiger partial charge on any atom is -0.341 e. The number of rotatable bonds is 3. The molecule has 0 aliphatic carbocycles. The van der Waals surface area contributed by atoms with Crippen LogP contribution >= 0.6 is 11.8 Å². The number of hydrogen-bond donors (Lipinski definition) is 1. The zero-order valence-corrected chi connectivity index (χ0v) is 12.6. The van der Waals surface area contributed by atoms with E-state index < -0.39 is 5.89 Å². The van der Waals surface area contributed by atoms with Crippen LogP contribution in [0.4, 0.5) is 0 Å². The van der Waals surface area contributed by atoms with E-state index in [2.05, 4.69) is 30.7 Å². The van der Waals surface area contributed by atoms with Crippen molar-refractivity contribution >= 4 is 22.8 Å². The van der Waals surface area contributed by atoms with Gasteiger partial charge < -0.3 is 4.98 Å². The standard InChI is InChI=1S/C15H22N2S/c1-10(2)11-6-7-12-13(8-11)17-14(16-12)9-18-15(3,4)5/h6-8,10H,9H2,1-5H3,(H,16,17)/i10T. The van der Waals surface area contributed by atoms with Crippen LogP contribution in [0.2, 0.25) is 0 Å². The number of aromatic nitrogens is 2. The maximum atomic E-state index is 8.08. The third-order valence-electron chi connectivity index (χ3n) is 2.75. The van der Waals surface area contributed by atoms with Gasteiger partial charge in [-0.15, -0.1) is 11.8 Å². The second-order valence-electron chi connectivity index (χ2n) is 5.82. The molecule has 1 aromatic carbocycles. The van der Waals surface area contributed by atoms with E-state index in [1.54, 1.807) is 0 Å². The van der Waals surface area contributed by atoms with E-state index in [1.165, 1.54) is 0 Å². The molecule has 0 radical (unpaired) electrons. The van der Waals surface area contributed by atoms with Crippen LogP contribution in [0.25, 0.3) is 11.0 Å². The Hall–Kier alpha value is -0.960. The van der Waals surface area contributed by atoms with Gasteiger partial charge in [0.1, 0.15) is 5.82 Å². The van der Waals surface area contributed by atoms with Gasteiger partial charge in [0.2, 0.25) is 0 Å². The Kier molecular flexibility index (Phi) is 3.33. The molecular weight excluding hydrogens is 240 g/mol. The van der Waals surface area contributed by atoms with Crippen molar-refractivity contribution in [1.29, 1.82) is 0 Å². The molecule has 1 aromatic heterocycles. The van der Waals surface area contributed by atoms with Gasteiger partial charge in [-0.05, 0) is 23.6 Å². The third-order valence-corrected chi connectivity index (χ3v) is 4.03. The molecule has 0 aliphatic rings. The lowest BCUT2D eigenvalue weighted by Gasteiger charge is -2.16. The fraction of sp³-hybridized carbons (Fsp3) is 0.533. The van der Waals surface area contributed by atoms with Gasteiger partial charge in [0, 0.05) is 6.12 Å². The lowest BCUT2D eigenvalue weighted by Crippen LogP contribution is -2.07. The Morgan fingerprint density at radius 3 is 2.72 bits per heavy atom. The van der Waals surface area contributed by atoms with Crippen molar-refractivity contribution in [3.8, 4) is 0 Å². The van der Waals surface area contributed by atoms with E-state index in [9.17, 15) is 0 Å². The topological polar surface area (TPSA) is 28.7 Å². The van der Waals surface area contributed by atoms with E-state index in [-0.39, 0.29) is 4.75 Å². The first-order valence-corrected chi connectivity index (χ1v) is 7.27. The lowest BCUT2D eigenvalue weighted by molar-refractivity contribution is 0.801. The van der Waals surface area contributed by atoms with Gasteiger partial charge in [-0.2, -0.15) is 0 Å². The molecule has 1 N–H and O–H groups in total. The number of H-pyrrole nitrogens is 1. The summed E-state index contributed by atoms with van der Waals surface area (Å²) in [6, 6.07) is 6.04. The van der Waals surface area contributed by atoms with Crippen molar-refractivity contribution in [3.63, 3.8) is 0 Å². The molecule has 0 unspecified atom stereocenters. The molecule has 0 amide bonds. The van der Waals surface area contributed by atoms with Crippen LogP contribution in [-0.4, -0.2) is 14.7 Å². The van der Waals surface area contributed by atoms with Crippen molar-refractivity contribution in [2.24, 2.45) is 0 Å². The summed E-state index contributed by atoms with van der Waals surface area (Å²) in [5.74, 6) is 1.33. The number of fused-ring (bicyclic) bond motifs is 1. The number of hydrogen-bond acceptors (Lipinski definition) is 2. The maximum Gasteiger partial charge on any atom is 0.117 e. The van der Waals surface area contributed by atoms with Crippen molar-refractivity contribution in [3.05, 3.63) is 29.6 Å². The molecule has 3 heteroatoms. The summed E-state index contributed by atoms with van der Waals surface area (Å²) in [6.07, 6.45) is 0. The predicted molar refractivity (Wildman–Crippen MR) is 81.2 cm³/mol. The van der Waals surface area contributed by atoms with Crippen LogP contribution in [-0.2, 0) is 5.75 Å². The second-order valence-corrected chi connectivity index (χ2v) is 7.62. The van der Waals surface area contributed by atoms with Crippen LogP contribution in [0, 0.1) is 0 Å². The van der Waals surface area contributed by atoms with E-state index in [1.807, 2.05) is 43.8 Å². The van der Waals surface area contributed by atoms with Crippen molar-refractivity contribution in [2.45, 2.75) is 51.0 Å². The van der Waals surface area contributed by atoms with E-state index in [0.717, 1.165) is 28.2 Å². The van der Waals surface area contributed by atoms with Crippen molar-refractivity contribution in [1.82, 2.24) is 9.97 Å². The minimum atomic E-state index is -0.570. The molecule has 0 atom stereocenters. The van der Waals surface area contributed by atoms with Gasteiger partial charge >= 0.3 is 0 Å². The lowest BCUT2D eigenvalue weighted by atomic mass is 10.0. The highest BCUT2D eigenvalue weighted by Crippen LogP contribution is 2.27. The Morgan fingerprint density at radius 2 is 2.11 bits per heavy atom. The molecule has 0 spiro atoms. The predicted octanol–water partition coefficient (Wildman–Crippen LogP) is 4.72. The first kappa shape index (κ1) is 12.1. The molecule has 2 rings (SSSR count). The molecule has 2 aromatic rings. The zero-order valence-electron chi connectivity index (χ0n) is 12.8. The Bertz CT molecular complexity index is 576. The number of benzene rings is 1. The normalized spacial score (nSPS) is 13.9. The molecule has 0 saturated carbocycles. The summed E-state index contributed by atoms with van der Waals surface area (Å²) >= 11 is 1.88. The molecule has 0 aliphatic heterocycles. The summed E-state index contributed by atoms with van der Waals surface area (Å²) < 4.78 is 8.32. The van der Waals surface area contributed by atoms with Crippen LogP contribution in [0.5, 0.6) is 0 Å². The SMILES string of the molecule is [3H]C(C)(C)c1ccc2nc(CSC(C)(C)C)[nH]c2c1. The zero-order chi connectivity index (χ0) is 14.3. The molecule has 18 heavy (non-hydrogen) atoms. The summed E-state index contributed by atoms with van der Waals surface area (Å²) in [5.41, 5.74) is 3.03. The van der Waals surface area contributed by atoms with E-state index in [4.69, 9.17) is 1.37 Å². The maximum absolute atomic E-state index is 8.08. The van der Waals surface area contributed by atoms with Gasteiger partial charge in [0.15, 0.2) is 0 Å². The van der Waals surface area contributed by atoms with Gasteiger partial charge in [0.05, 0.1) is 16.8 Å². The van der Waals surface area contributed by atoms with Crippen molar-refractivity contribution in [2.75, 3.05) is 0 Å². The molecule has 2 nitrogen and oxygen atoms in total. The summed E-state index contributed by atoms with van der Waals surface area (Å²) in [6.45, 7) is 10.4. The van der Waals surface area contributed by atoms with E-state index in [0.29, 0.717) is 0 Å². The average molecular weight is 264 g/mol. The van der Waals surface area contributed by atoms with E-state index >= 15 is 0 Å². The van der Waals surface area contributed by atoms with Gasteiger partial charge in [-0.1, -0.05) is 40.7 Å². The quantitative estimate of drug-likeness (QED) is 0.869. The fourth-order valence-corrected chi connectivity index (χ4v) is 2.43. The molecule has 0 bridgehead atoms. The smallest absolute Gasteiger partial charge is 0.117 e. The molecule has 1 heterocycles. The number of nitrogens with one attached hydrogen (secondary N) is 1. The van der Waals surface area contributed by atoms with Crippen LogP contribution < -0.4 is 0 Å².